The van der Waals surface area contributed by atoms with E-state index < -0.39 is 5.97 Å². The van der Waals surface area contributed by atoms with Crippen LogP contribution in [0, 0.1) is 58.2 Å². The molecule has 0 bridgehead atoms. The summed E-state index contributed by atoms with van der Waals surface area (Å²) < 4.78 is 0. The molecule has 0 amide bonds. The third-order valence-corrected chi connectivity index (χ3v) is 11.3. The van der Waals surface area contributed by atoms with Crippen LogP contribution in [0.4, 0.5) is 0 Å². The van der Waals surface area contributed by atoms with Gasteiger partial charge in [-0.25, -0.2) is 0 Å². The van der Waals surface area contributed by atoms with Gasteiger partial charge in [0, 0.05) is 0 Å². The molecule has 178 valence electrons. The molecule has 0 radical (unpaired) electrons. The average molecular weight is 435 g/mol. The Morgan fingerprint density at radius 2 is 1.61 bits per heavy atom. The maximum Gasteiger partial charge on any atom is 0.306 e. The van der Waals surface area contributed by atoms with Gasteiger partial charge in [0.1, 0.15) is 0 Å². The number of carboxylic acid groups (broad SMARTS) is 1. The summed E-state index contributed by atoms with van der Waals surface area (Å²) in [5.41, 5.74) is 0.460. The number of carbonyl (C=O) groups is 1. The van der Waals surface area contributed by atoms with Gasteiger partial charge in [-0.15, -0.1) is 0 Å². The van der Waals surface area contributed by atoms with Crippen LogP contribution in [0.15, 0.2) is 0 Å². The van der Waals surface area contributed by atoms with E-state index in [0.29, 0.717) is 41.4 Å². The third-order valence-electron chi connectivity index (χ3n) is 11.3. The predicted octanol–water partition coefficient (Wildman–Crippen LogP) is 5.36. The second-order valence-electron chi connectivity index (χ2n) is 12.6. The molecule has 4 aliphatic carbocycles. The molecule has 4 fully saturated rings. The first kappa shape index (κ1) is 23.5. The second-order valence-corrected chi connectivity index (χ2v) is 12.6. The topological polar surface area (TPSA) is 77.8 Å². The van der Waals surface area contributed by atoms with Crippen LogP contribution in [0.1, 0.15) is 92.4 Å². The first-order chi connectivity index (χ1) is 14.5. The van der Waals surface area contributed by atoms with E-state index in [0.717, 1.165) is 32.1 Å². The number of hydrogen-bond donors (Lipinski definition) is 3. The standard InChI is InChI=1S/C27H46O4/c1-6-18-22-14-17(28)9-11-27(22,5)21-10-12-26(4)19(15(2)13-16(3)25(30)31)7-8-20(26)23(21)24(18)29/h15-24,28-29H,6-14H2,1-5H3,(H,30,31)/t15?,16-,17+,18+,19+,20?,21?,22-,23?,24+,26+,27+/m0/s1. The number of rotatable bonds is 5. The van der Waals surface area contributed by atoms with Gasteiger partial charge in [-0.1, -0.05) is 41.0 Å². The normalized spacial score (nSPS) is 51.3. The molecule has 0 aliphatic heterocycles. The Bertz CT molecular complexity index is 678. The van der Waals surface area contributed by atoms with Crippen LogP contribution in [0.5, 0.6) is 0 Å². The molecule has 0 aromatic carbocycles. The van der Waals surface area contributed by atoms with E-state index >= 15 is 0 Å². The number of aliphatic carboxylic acids is 1. The number of fused-ring (bicyclic) bond motifs is 5. The number of aliphatic hydroxyl groups excluding tert-OH is 2. The van der Waals surface area contributed by atoms with Crippen LogP contribution < -0.4 is 0 Å². The fourth-order valence-corrected chi connectivity index (χ4v) is 9.76. The van der Waals surface area contributed by atoms with Crippen molar-refractivity contribution in [1.82, 2.24) is 0 Å². The monoisotopic (exact) mass is 434 g/mol. The van der Waals surface area contributed by atoms with Crippen LogP contribution in [0.25, 0.3) is 0 Å². The van der Waals surface area contributed by atoms with Gasteiger partial charge in [0.2, 0.25) is 0 Å². The van der Waals surface area contributed by atoms with Crippen molar-refractivity contribution in [3.8, 4) is 0 Å². The van der Waals surface area contributed by atoms with Crippen molar-refractivity contribution in [3.63, 3.8) is 0 Å². The molecule has 0 aromatic heterocycles. The van der Waals surface area contributed by atoms with E-state index in [4.69, 9.17) is 0 Å². The molecule has 3 N–H and O–H groups in total. The zero-order chi connectivity index (χ0) is 22.7. The van der Waals surface area contributed by atoms with Gasteiger partial charge in [0.05, 0.1) is 18.1 Å². The van der Waals surface area contributed by atoms with Gasteiger partial charge in [0.15, 0.2) is 0 Å². The lowest BCUT2D eigenvalue weighted by atomic mass is 9.41. The highest BCUT2D eigenvalue weighted by Crippen LogP contribution is 2.69. The minimum Gasteiger partial charge on any atom is -0.481 e. The Morgan fingerprint density at radius 1 is 0.968 bits per heavy atom. The Morgan fingerprint density at radius 3 is 2.26 bits per heavy atom. The molecule has 12 atom stereocenters. The third kappa shape index (κ3) is 3.59. The van der Waals surface area contributed by atoms with Gasteiger partial charge in [-0.3, -0.25) is 4.79 Å². The quantitative estimate of drug-likeness (QED) is 0.544. The van der Waals surface area contributed by atoms with Crippen molar-refractivity contribution in [2.24, 2.45) is 58.2 Å². The molecular formula is C27H46O4. The Hall–Kier alpha value is -0.610. The van der Waals surface area contributed by atoms with Crippen molar-refractivity contribution in [1.29, 1.82) is 0 Å². The molecule has 0 spiro atoms. The van der Waals surface area contributed by atoms with Crippen LogP contribution in [-0.4, -0.2) is 33.5 Å². The Kier molecular flexibility index (Phi) is 6.31. The maximum absolute atomic E-state index is 11.7. The lowest BCUT2D eigenvalue weighted by Gasteiger charge is -2.64. The minimum absolute atomic E-state index is 0.197. The molecule has 0 saturated heterocycles. The van der Waals surface area contributed by atoms with E-state index in [9.17, 15) is 20.1 Å². The van der Waals surface area contributed by atoms with E-state index in [1.54, 1.807) is 0 Å². The predicted molar refractivity (Wildman–Crippen MR) is 122 cm³/mol. The molecule has 4 rings (SSSR count). The van der Waals surface area contributed by atoms with Crippen LogP contribution in [0.3, 0.4) is 0 Å². The summed E-state index contributed by atoms with van der Waals surface area (Å²) in [5, 5.41) is 31.6. The highest BCUT2D eigenvalue weighted by atomic mass is 16.4. The molecule has 4 aliphatic rings. The fourth-order valence-electron chi connectivity index (χ4n) is 9.76. The van der Waals surface area contributed by atoms with E-state index in [2.05, 4.69) is 27.7 Å². The lowest BCUT2D eigenvalue weighted by molar-refractivity contribution is -0.203. The van der Waals surface area contributed by atoms with E-state index in [-0.39, 0.29) is 29.0 Å². The van der Waals surface area contributed by atoms with E-state index in [1.807, 2.05) is 6.92 Å². The smallest absolute Gasteiger partial charge is 0.306 e. The average Bonchev–Trinajstić information content (AvgIpc) is 3.06. The van der Waals surface area contributed by atoms with Gasteiger partial charge in [0.25, 0.3) is 0 Å². The van der Waals surface area contributed by atoms with Crippen LogP contribution in [0.2, 0.25) is 0 Å². The van der Waals surface area contributed by atoms with Gasteiger partial charge in [-0.2, -0.15) is 0 Å². The van der Waals surface area contributed by atoms with Crippen LogP contribution in [-0.2, 0) is 4.79 Å². The summed E-state index contributed by atoms with van der Waals surface area (Å²) >= 11 is 0. The van der Waals surface area contributed by atoms with Crippen molar-refractivity contribution in [2.75, 3.05) is 0 Å². The summed E-state index contributed by atoms with van der Waals surface area (Å²) in [6, 6.07) is 0. The van der Waals surface area contributed by atoms with Gasteiger partial charge >= 0.3 is 5.97 Å². The molecule has 4 unspecified atom stereocenters. The van der Waals surface area contributed by atoms with Crippen molar-refractivity contribution in [3.05, 3.63) is 0 Å². The van der Waals surface area contributed by atoms with Crippen molar-refractivity contribution < 1.29 is 20.1 Å². The number of carboxylic acids is 1. The SMILES string of the molecule is CC[C@H]1[C@@H](O)C2C3CC[C@H](C(C)C[C@H](C)C(=O)O)[C@@]3(C)CCC2[C@@]2(C)CC[C@@H](O)C[C@@H]12. The number of aliphatic hydroxyl groups is 2. The van der Waals surface area contributed by atoms with Gasteiger partial charge in [-0.05, 0) is 104 Å². The van der Waals surface area contributed by atoms with Crippen molar-refractivity contribution >= 4 is 5.97 Å². The summed E-state index contributed by atoms with van der Waals surface area (Å²) in [6.45, 7) is 11.3. The molecule has 4 nitrogen and oxygen atoms in total. The lowest BCUT2D eigenvalue weighted by Crippen LogP contribution is -2.62. The minimum atomic E-state index is -0.679. The van der Waals surface area contributed by atoms with E-state index in [1.165, 1.54) is 25.7 Å². The van der Waals surface area contributed by atoms with Crippen LogP contribution >= 0.6 is 0 Å². The number of hydrogen-bond acceptors (Lipinski definition) is 3. The molecule has 31 heavy (non-hydrogen) atoms. The largest absolute Gasteiger partial charge is 0.481 e. The first-order valence-corrected chi connectivity index (χ1v) is 13.1. The maximum atomic E-state index is 11.7. The first-order valence-electron chi connectivity index (χ1n) is 13.1. The molecular weight excluding hydrogens is 388 g/mol. The zero-order valence-corrected chi connectivity index (χ0v) is 20.4. The summed E-state index contributed by atoms with van der Waals surface area (Å²) in [6.07, 6.45) is 8.95. The Balaban J connectivity index is 1.61. The molecule has 4 heteroatoms. The summed E-state index contributed by atoms with van der Waals surface area (Å²) in [5.74, 6) is 2.23. The fraction of sp³-hybridized carbons (Fsp3) is 0.963. The molecule has 4 saturated carbocycles. The zero-order valence-electron chi connectivity index (χ0n) is 20.4. The molecule has 0 heterocycles. The second kappa shape index (κ2) is 8.31. The summed E-state index contributed by atoms with van der Waals surface area (Å²) in [4.78, 5) is 11.5. The highest BCUT2D eigenvalue weighted by molar-refractivity contribution is 5.69. The molecule has 0 aromatic rings. The van der Waals surface area contributed by atoms with Crippen molar-refractivity contribution in [2.45, 2.75) is 105 Å². The summed E-state index contributed by atoms with van der Waals surface area (Å²) in [7, 11) is 0. The van der Waals surface area contributed by atoms with Gasteiger partial charge < -0.3 is 15.3 Å². The Labute approximate surface area is 189 Å². The highest BCUT2D eigenvalue weighted by Gasteiger charge is 2.64.